The Balaban J connectivity index is 1.85. The SMILES string of the molecule is CCN(CC(=O)NC(=O)c1ccccc1)C1CNC1. The first kappa shape index (κ1) is 13.7. The van der Waals surface area contributed by atoms with Crippen LogP contribution in [0.25, 0.3) is 0 Å². The van der Waals surface area contributed by atoms with Gasteiger partial charge in [-0.2, -0.15) is 0 Å². The minimum Gasteiger partial charge on any atom is -0.314 e. The van der Waals surface area contributed by atoms with E-state index in [-0.39, 0.29) is 18.4 Å². The average molecular weight is 261 g/mol. The predicted octanol–water partition coefficient (Wildman–Crippen LogP) is 0.237. The zero-order valence-electron chi connectivity index (χ0n) is 11.1. The molecule has 5 nitrogen and oxygen atoms in total. The van der Waals surface area contributed by atoms with Crippen molar-refractivity contribution < 1.29 is 9.59 Å². The zero-order valence-corrected chi connectivity index (χ0v) is 11.1. The third kappa shape index (κ3) is 3.62. The van der Waals surface area contributed by atoms with Gasteiger partial charge in [-0.3, -0.25) is 19.8 Å². The third-order valence-electron chi connectivity index (χ3n) is 3.32. The number of hydrogen-bond acceptors (Lipinski definition) is 4. The molecule has 0 radical (unpaired) electrons. The Morgan fingerprint density at radius 3 is 2.53 bits per heavy atom. The van der Waals surface area contributed by atoms with Gasteiger partial charge in [-0.25, -0.2) is 0 Å². The third-order valence-corrected chi connectivity index (χ3v) is 3.32. The molecule has 2 rings (SSSR count). The highest BCUT2D eigenvalue weighted by Crippen LogP contribution is 2.04. The van der Waals surface area contributed by atoms with Crippen molar-refractivity contribution in [3.8, 4) is 0 Å². The van der Waals surface area contributed by atoms with Crippen LogP contribution in [-0.2, 0) is 4.79 Å². The number of hydrogen-bond donors (Lipinski definition) is 2. The standard InChI is InChI=1S/C14H19N3O2/c1-2-17(12-8-15-9-12)10-13(18)16-14(19)11-6-4-3-5-7-11/h3-7,12,15H,2,8-10H2,1H3,(H,16,18,19). The van der Waals surface area contributed by atoms with E-state index in [2.05, 4.69) is 15.5 Å². The molecule has 1 saturated heterocycles. The number of rotatable bonds is 5. The molecular weight excluding hydrogens is 242 g/mol. The van der Waals surface area contributed by atoms with Crippen molar-refractivity contribution in [2.75, 3.05) is 26.2 Å². The van der Waals surface area contributed by atoms with Crippen molar-refractivity contribution in [1.29, 1.82) is 0 Å². The Morgan fingerprint density at radius 2 is 2.00 bits per heavy atom. The first-order valence-electron chi connectivity index (χ1n) is 6.54. The quantitative estimate of drug-likeness (QED) is 0.797. The number of carbonyl (C=O) groups is 2. The van der Waals surface area contributed by atoms with Crippen LogP contribution in [0.3, 0.4) is 0 Å². The summed E-state index contributed by atoms with van der Waals surface area (Å²) in [5.74, 6) is -0.587. The normalized spacial score (nSPS) is 15.1. The summed E-state index contributed by atoms with van der Waals surface area (Å²) in [6, 6.07) is 9.17. The number of nitrogens with zero attached hydrogens (tertiary/aromatic N) is 1. The van der Waals surface area contributed by atoms with E-state index in [4.69, 9.17) is 0 Å². The van der Waals surface area contributed by atoms with Crippen LogP contribution in [-0.4, -0.2) is 48.9 Å². The first-order valence-corrected chi connectivity index (χ1v) is 6.54. The molecule has 1 fully saturated rings. The van der Waals surface area contributed by atoms with Crippen molar-refractivity contribution in [3.05, 3.63) is 35.9 Å². The highest BCUT2D eigenvalue weighted by atomic mass is 16.2. The van der Waals surface area contributed by atoms with Crippen molar-refractivity contribution in [2.24, 2.45) is 0 Å². The highest BCUT2D eigenvalue weighted by molar-refractivity contribution is 6.05. The van der Waals surface area contributed by atoms with Crippen molar-refractivity contribution >= 4 is 11.8 Å². The van der Waals surface area contributed by atoms with Crippen LogP contribution in [0.4, 0.5) is 0 Å². The molecule has 102 valence electrons. The number of likely N-dealkylation sites (N-methyl/N-ethyl adjacent to an activating group) is 1. The second kappa shape index (κ2) is 6.45. The molecule has 1 aromatic rings. The molecule has 0 atom stereocenters. The smallest absolute Gasteiger partial charge is 0.257 e. The van der Waals surface area contributed by atoms with Gasteiger partial charge in [-0.1, -0.05) is 25.1 Å². The fourth-order valence-corrected chi connectivity index (χ4v) is 2.04. The van der Waals surface area contributed by atoms with Gasteiger partial charge in [0.2, 0.25) is 5.91 Å². The van der Waals surface area contributed by atoms with E-state index in [1.165, 1.54) is 0 Å². The molecule has 0 bridgehead atoms. The summed E-state index contributed by atoms with van der Waals surface area (Å²) < 4.78 is 0. The molecule has 0 unspecified atom stereocenters. The zero-order chi connectivity index (χ0) is 13.7. The molecule has 2 amide bonds. The lowest BCUT2D eigenvalue weighted by molar-refractivity contribution is -0.122. The van der Waals surface area contributed by atoms with E-state index in [1.807, 2.05) is 13.0 Å². The van der Waals surface area contributed by atoms with Crippen LogP contribution in [0.15, 0.2) is 30.3 Å². The van der Waals surface area contributed by atoms with Crippen molar-refractivity contribution in [3.63, 3.8) is 0 Å². The van der Waals surface area contributed by atoms with Gasteiger partial charge in [0.05, 0.1) is 6.54 Å². The Morgan fingerprint density at radius 1 is 1.32 bits per heavy atom. The first-order chi connectivity index (χ1) is 9.20. The molecule has 1 aliphatic heterocycles. The predicted molar refractivity (Wildman–Crippen MR) is 72.8 cm³/mol. The largest absolute Gasteiger partial charge is 0.314 e. The molecule has 0 aromatic heterocycles. The molecule has 1 heterocycles. The number of amides is 2. The van der Waals surface area contributed by atoms with Crippen LogP contribution in [0.1, 0.15) is 17.3 Å². The van der Waals surface area contributed by atoms with E-state index in [0.29, 0.717) is 11.6 Å². The maximum absolute atomic E-state index is 11.8. The lowest BCUT2D eigenvalue weighted by atomic mass is 10.1. The summed E-state index contributed by atoms with van der Waals surface area (Å²) in [5, 5.41) is 5.60. The van der Waals surface area contributed by atoms with Crippen LogP contribution >= 0.6 is 0 Å². The highest BCUT2D eigenvalue weighted by Gasteiger charge is 2.25. The maximum Gasteiger partial charge on any atom is 0.257 e. The molecule has 0 spiro atoms. The van der Waals surface area contributed by atoms with Crippen molar-refractivity contribution in [1.82, 2.24) is 15.5 Å². The Bertz CT molecular complexity index is 443. The fraction of sp³-hybridized carbons (Fsp3) is 0.429. The summed E-state index contributed by atoms with van der Waals surface area (Å²) in [5.41, 5.74) is 0.504. The lowest BCUT2D eigenvalue weighted by Crippen LogP contribution is -2.59. The van der Waals surface area contributed by atoms with E-state index in [1.54, 1.807) is 24.3 Å². The minimum atomic E-state index is -0.339. The number of benzene rings is 1. The van der Waals surface area contributed by atoms with Crippen LogP contribution < -0.4 is 10.6 Å². The lowest BCUT2D eigenvalue weighted by Gasteiger charge is -2.37. The Kier molecular flexibility index (Phi) is 4.65. The average Bonchev–Trinajstić information content (AvgIpc) is 2.36. The molecular formula is C14H19N3O2. The summed E-state index contributed by atoms with van der Waals surface area (Å²) in [6.45, 7) is 4.91. The maximum atomic E-state index is 11.8. The topological polar surface area (TPSA) is 61.4 Å². The molecule has 5 heteroatoms. The van der Waals surface area contributed by atoms with Gasteiger partial charge in [0.1, 0.15) is 0 Å². The second-order valence-corrected chi connectivity index (χ2v) is 4.62. The Hall–Kier alpha value is -1.72. The summed E-state index contributed by atoms with van der Waals surface area (Å²) >= 11 is 0. The van der Waals surface area contributed by atoms with E-state index in [9.17, 15) is 9.59 Å². The van der Waals surface area contributed by atoms with E-state index < -0.39 is 0 Å². The van der Waals surface area contributed by atoms with Gasteiger partial charge in [0.25, 0.3) is 5.91 Å². The molecule has 19 heavy (non-hydrogen) atoms. The van der Waals surface area contributed by atoms with Gasteiger partial charge in [0, 0.05) is 24.7 Å². The molecule has 0 saturated carbocycles. The van der Waals surface area contributed by atoms with Crippen LogP contribution in [0.2, 0.25) is 0 Å². The van der Waals surface area contributed by atoms with E-state index in [0.717, 1.165) is 19.6 Å². The van der Waals surface area contributed by atoms with Crippen molar-refractivity contribution in [2.45, 2.75) is 13.0 Å². The van der Waals surface area contributed by atoms with Gasteiger partial charge in [0.15, 0.2) is 0 Å². The monoisotopic (exact) mass is 261 g/mol. The molecule has 0 aliphatic carbocycles. The van der Waals surface area contributed by atoms with Gasteiger partial charge in [-0.15, -0.1) is 0 Å². The van der Waals surface area contributed by atoms with Gasteiger partial charge < -0.3 is 5.32 Å². The number of carbonyl (C=O) groups excluding carboxylic acids is 2. The molecule has 1 aliphatic rings. The van der Waals surface area contributed by atoms with Crippen LogP contribution in [0.5, 0.6) is 0 Å². The molecule has 1 aromatic carbocycles. The van der Waals surface area contributed by atoms with E-state index >= 15 is 0 Å². The molecule has 2 N–H and O–H groups in total. The van der Waals surface area contributed by atoms with Gasteiger partial charge >= 0.3 is 0 Å². The minimum absolute atomic E-state index is 0.248. The van der Waals surface area contributed by atoms with Gasteiger partial charge in [-0.05, 0) is 18.7 Å². The summed E-state index contributed by atoms with van der Waals surface area (Å²) in [7, 11) is 0. The second-order valence-electron chi connectivity index (χ2n) is 4.62. The number of nitrogens with one attached hydrogen (secondary N) is 2. The summed E-state index contributed by atoms with van der Waals surface area (Å²) in [4.78, 5) is 25.7. The van der Waals surface area contributed by atoms with Crippen LogP contribution in [0, 0.1) is 0 Å². The summed E-state index contributed by atoms with van der Waals surface area (Å²) in [6.07, 6.45) is 0. The number of imide groups is 1. The Labute approximate surface area is 113 Å². The fourth-order valence-electron chi connectivity index (χ4n) is 2.04.